The Labute approximate surface area is 188 Å². The number of hydrogen-bond donors (Lipinski definition) is 2. The Hall–Kier alpha value is -3.68. The Morgan fingerprint density at radius 3 is 2.62 bits per heavy atom. The molecule has 0 bridgehead atoms. The van der Waals surface area contributed by atoms with Crippen LogP contribution >= 0.6 is 0 Å². The molecule has 0 saturated heterocycles. The van der Waals surface area contributed by atoms with E-state index in [0.29, 0.717) is 34.4 Å². The van der Waals surface area contributed by atoms with Crippen LogP contribution in [-0.2, 0) is 16.6 Å². The minimum Gasteiger partial charge on any atom is -0.382 e. The smallest absolute Gasteiger partial charge is 0.230 e. The van der Waals surface area contributed by atoms with Gasteiger partial charge in [-0.05, 0) is 5.56 Å². The number of benzene rings is 1. The molecule has 0 saturated carbocycles. The minimum atomic E-state index is -0.916. The van der Waals surface area contributed by atoms with Crippen LogP contribution in [0.3, 0.4) is 0 Å². The van der Waals surface area contributed by atoms with Crippen molar-refractivity contribution >= 4 is 23.1 Å². The molecule has 8 nitrogen and oxygen atoms in total. The number of aromatic nitrogens is 4. The molecule has 0 radical (unpaired) electrons. The summed E-state index contributed by atoms with van der Waals surface area (Å²) < 4.78 is 15.6. The van der Waals surface area contributed by atoms with Crippen LogP contribution in [0.25, 0.3) is 16.8 Å². The average Bonchev–Trinajstić information content (AvgIpc) is 3.34. The van der Waals surface area contributed by atoms with Crippen molar-refractivity contribution < 1.29 is 10.7 Å². The molecule has 1 aromatic carbocycles. The molecule has 0 unspecified atom stereocenters. The summed E-state index contributed by atoms with van der Waals surface area (Å²) >= 11 is 0. The van der Waals surface area contributed by atoms with E-state index in [1.807, 2.05) is 49.4 Å². The average molecular weight is 434 g/mol. The number of rotatable bonds is 5. The molecule has 8 heteroatoms. The second-order valence-corrected chi connectivity index (χ2v) is 9.06. The highest BCUT2D eigenvalue weighted by molar-refractivity contribution is 5.91. The fourth-order valence-corrected chi connectivity index (χ4v) is 3.46. The van der Waals surface area contributed by atoms with E-state index in [1.165, 1.54) is 0 Å². The molecule has 3 heterocycles. The van der Waals surface area contributed by atoms with Crippen LogP contribution in [0.1, 0.15) is 59.0 Å². The van der Waals surface area contributed by atoms with Crippen LogP contribution in [0.4, 0.5) is 11.6 Å². The lowest BCUT2D eigenvalue weighted by Crippen LogP contribution is -2.14. The number of nitrogen functional groups attached to an aromatic ring is 1. The predicted molar refractivity (Wildman–Crippen MR) is 124 cm³/mol. The highest BCUT2D eigenvalue weighted by Gasteiger charge is 2.21. The number of fused-ring (bicyclic) bond motifs is 1. The molecule has 4 aromatic rings. The molecule has 3 N–H and O–H groups in total. The van der Waals surface area contributed by atoms with Gasteiger partial charge in [-0.25, -0.2) is 9.97 Å². The summed E-state index contributed by atoms with van der Waals surface area (Å²) in [6, 6.07) is 9.29. The van der Waals surface area contributed by atoms with Gasteiger partial charge >= 0.3 is 0 Å². The summed E-state index contributed by atoms with van der Waals surface area (Å²) in [5.41, 5.74) is 8.96. The van der Waals surface area contributed by atoms with E-state index in [0.717, 1.165) is 11.1 Å². The van der Waals surface area contributed by atoms with Crippen LogP contribution in [0.15, 0.2) is 47.2 Å². The Balaban J connectivity index is 1.55. The van der Waals surface area contributed by atoms with E-state index < -0.39 is 5.89 Å². The lowest BCUT2D eigenvalue weighted by atomic mass is 9.93. The summed E-state index contributed by atoms with van der Waals surface area (Å²) in [6.45, 7) is 9.61. The van der Waals surface area contributed by atoms with Gasteiger partial charge in [0.25, 0.3) is 0 Å². The van der Waals surface area contributed by atoms with Crippen LogP contribution < -0.4 is 11.1 Å². The zero-order valence-corrected chi connectivity index (χ0v) is 18.9. The molecule has 0 fully saturated rings. The van der Waals surface area contributed by atoms with Crippen molar-refractivity contribution in [2.75, 3.05) is 11.1 Å². The second kappa shape index (κ2) is 8.11. The SMILES string of the molecule is [2H]C(C)(C)c1nc(-c2ccc(CC(=O)Nc3cc(C(C)(C)C)on3)cc2)c2c(N)nccn12. The fraction of sp³-hybridized carbons (Fsp3) is 0.333. The maximum absolute atomic E-state index is 12.5. The van der Waals surface area contributed by atoms with Crippen LogP contribution in [-0.4, -0.2) is 25.4 Å². The monoisotopic (exact) mass is 433 g/mol. The van der Waals surface area contributed by atoms with Crippen molar-refractivity contribution in [3.63, 3.8) is 0 Å². The normalized spacial score (nSPS) is 12.7. The maximum Gasteiger partial charge on any atom is 0.230 e. The lowest BCUT2D eigenvalue weighted by molar-refractivity contribution is -0.115. The largest absolute Gasteiger partial charge is 0.382 e. The number of amides is 1. The molecule has 0 aliphatic heterocycles. The summed E-state index contributed by atoms with van der Waals surface area (Å²) in [6.07, 6.45) is 3.56. The van der Waals surface area contributed by atoms with Crippen molar-refractivity contribution in [2.24, 2.45) is 0 Å². The van der Waals surface area contributed by atoms with Crippen LogP contribution in [0.5, 0.6) is 0 Å². The molecule has 1 amide bonds. The number of hydrogen-bond acceptors (Lipinski definition) is 6. The van der Waals surface area contributed by atoms with E-state index >= 15 is 0 Å². The Morgan fingerprint density at radius 2 is 2.00 bits per heavy atom. The maximum atomic E-state index is 12.5. The summed E-state index contributed by atoms with van der Waals surface area (Å²) in [7, 11) is 0. The van der Waals surface area contributed by atoms with E-state index in [4.69, 9.17) is 16.6 Å². The van der Waals surface area contributed by atoms with Crippen molar-refractivity contribution in [2.45, 2.75) is 52.3 Å². The van der Waals surface area contributed by atoms with Gasteiger partial charge < -0.3 is 15.6 Å². The highest BCUT2D eigenvalue weighted by atomic mass is 16.5. The number of nitrogens with two attached hydrogens (primary N) is 1. The predicted octanol–water partition coefficient (Wildman–Crippen LogP) is 4.57. The minimum absolute atomic E-state index is 0.183. The fourth-order valence-electron chi connectivity index (χ4n) is 3.46. The third-order valence-electron chi connectivity index (χ3n) is 5.14. The van der Waals surface area contributed by atoms with E-state index in [9.17, 15) is 4.79 Å². The Kier molecular flexibility index (Phi) is 5.13. The number of nitrogens with zero attached hydrogens (tertiary/aromatic N) is 4. The molecular formula is C24H28N6O2. The topological polar surface area (TPSA) is 111 Å². The molecule has 0 aliphatic carbocycles. The zero-order valence-electron chi connectivity index (χ0n) is 19.9. The molecule has 3 aromatic heterocycles. The highest BCUT2D eigenvalue weighted by Crippen LogP contribution is 2.30. The first-order valence-electron chi connectivity index (χ1n) is 10.9. The van der Waals surface area contributed by atoms with E-state index in [-0.39, 0.29) is 17.7 Å². The standard InChI is InChI=1S/C24H28N6O2/c1-14(2)23-28-20(21-22(25)26-10-11-30(21)23)16-8-6-15(7-9-16)12-19(31)27-18-13-17(32-29-18)24(3,4)5/h6-11,13-14H,12H2,1-5H3,(H2,25,26)(H,27,29,31)/i14D. The van der Waals surface area contributed by atoms with Gasteiger partial charge in [0.1, 0.15) is 28.6 Å². The third-order valence-corrected chi connectivity index (χ3v) is 5.14. The molecule has 0 spiro atoms. The van der Waals surface area contributed by atoms with Gasteiger partial charge in [-0.3, -0.25) is 9.20 Å². The zero-order chi connectivity index (χ0) is 24.0. The number of anilines is 2. The number of imidazole rings is 1. The summed E-state index contributed by atoms with van der Waals surface area (Å²) in [5, 5.41) is 6.70. The van der Waals surface area contributed by atoms with E-state index in [2.05, 4.69) is 15.5 Å². The number of carbonyl (C=O) groups excluding carboxylic acids is 1. The van der Waals surface area contributed by atoms with Crippen molar-refractivity contribution in [3.8, 4) is 11.3 Å². The Morgan fingerprint density at radius 1 is 1.28 bits per heavy atom. The van der Waals surface area contributed by atoms with Gasteiger partial charge in [-0.15, -0.1) is 0 Å². The first kappa shape index (κ1) is 20.2. The molecule has 4 rings (SSSR count). The number of carbonyl (C=O) groups is 1. The van der Waals surface area contributed by atoms with Crippen LogP contribution in [0, 0.1) is 0 Å². The number of nitrogens with one attached hydrogen (secondary N) is 1. The summed E-state index contributed by atoms with van der Waals surface area (Å²) in [5.74, 6) is 0.933. The van der Waals surface area contributed by atoms with Gasteiger partial charge in [0.05, 0.1) is 6.42 Å². The van der Waals surface area contributed by atoms with Gasteiger partial charge in [0, 0.05) is 36.7 Å². The van der Waals surface area contributed by atoms with Crippen LogP contribution in [0.2, 0.25) is 0 Å². The van der Waals surface area contributed by atoms with Gasteiger partial charge in [0.2, 0.25) is 5.91 Å². The first-order chi connectivity index (χ1) is 15.4. The van der Waals surface area contributed by atoms with Gasteiger partial charge in [0.15, 0.2) is 5.82 Å². The molecule has 32 heavy (non-hydrogen) atoms. The molecule has 166 valence electrons. The molecule has 0 atom stereocenters. The Bertz CT molecular complexity index is 1310. The molecular weight excluding hydrogens is 404 g/mol. The van der Waals surface area contributed by atoms with E-state index in [1.54, 1.807) is 32.3 Å². The lowest BCUT2D eigenvalue weighted by Gasteiger charge is -2.12. The first-order valence-corrected chi connectivity index (χ1v) is 10.4. The van der Waals surface area contributed by atoms with Crippen molar-refractivity contribution in [3.05, 3.63) is 59.9 Å². The molecule has 0 aliphatic rings. The van der Waals surface area contributed by atoms with Gasteiger partial charge in [-0.1, -0.05) is 64.0 Å². The second-order valence-electron chi connectivity index (χ2n) is 9.06. The summed E-state index contributed by atoms with van der Waals surface area (Å²) in [4.78, 5) is 21.4. The van der Waals surface area contributed by atoms with Gasteiger partial charge in [-0.2, -0.15) is 0 Å². The van der Waals surface area contributed by atoms with Crippen molar-refractivity contribution in [1.29, 1.82) is 0 Å². The third kappa shape index (κ3) is 4.21. The quantitative estimate of drug-likeness (QED) is 0.477. The van der Waals surface area contributed by atoms with Crippen molar-refractivity contribution in [1.82, 2.24) is 19.5 Å².